The molecule has 0 spiro atoms. The van der Waals surface area contributed by atoms with E-state index in [2.05, 4.69) is 5.32 Å². The van der Waals surface area contributed by atoms with E-state index in [-0.39, 0.29) is 12.1 Å². The first-order valence-corrected chi connectivity index (χ1v) is 9.08. The molecule has 7 heteroatoms. The molecule has 1 saturated heterocycles. The van der Waals surface area contributed by atoms with Gasteiger partial charge in [-0.15, -0.1) is 0 Å². The molecule has 0 aromatic heterocycles. The molecule has 2 aromatic rings. The molecule has 0 bridgehead atoms. The Morgan fingerprint density at radius 2 is 1.78 bits per heavy atom. The van der Waals surface area contributed by atoms with E-state index in [0.717, 1.165) is 24.2 Å². The Bertz CT molecular complexity index is 810. The lowest BCUT2D eigenvalue weighted by molar-refractivity contribution is 0.207. The fourth-order valence-corrected chi connectivity index (χ4v) is 3.57. The number of amides is 2. The number of anilines is 1. The van der Waals surface area contributed by atoms with Crippen molar-refractivity contribution in [2.75, 3.05) is 33.2 Å². The second-order valence-electron chi connectivity index (χ2n) is 6.24. The molecule has 3 rings (SSSR count). The molecule has 1 fully saturated rings. The summed E-state index contributed by atoms with van der Waals surface area (Å²) in [6, 6.07) is 11.0. The van der Waals surface area contributed by atoms with E-state index in [1.165, 1.54) is 14.2 Å². The van der Waals surface area contributed by atoms with Crippen LogP contribution in [0.1, 0.15) is 24.4 Å². The first kappa shape index (κ1) is 19.2. The Balaban J connectivity index is 1.79. The van der Waals surface area contributed by atoms with Crippen molar-refractivity contribution in [1.82, 2.24) is 4.90 Å². The number of benzene rings is 2. The first-order valence-electron chi connectivity index (χ1n) is 8.70. The van der Waals surface area contributed by atoms with Crippen LogP contribution in [0.3, 0.4) is 0 Å². The van der Waals surface area contributed by atoms with Gasteiger partial charge in [-0.2, -0.15) is 0 Å². The number of ether oxygens (including phenoxy) is 3. The average molecular weight is 391 g/mol. The number of halogens is 1. The summed E-state index contributed by atoms with van der Waals surface area (Å²) in [5.74, 6) is 1.78. The van der Waals surface area contributed by atoms with Gasteiger partial charge in [0, 0.05) is 12.6 Å². The normalized spacial score (nSPS) is 16.1. The minimum atomic E-state index is -0.187. The van der Waals surface area contributed by atoms with Gasteiger partial charge in [0.1, 0.15) is 17.2 Å². The lowest BCUT2D eigenvalue weighted by Gasteiger charge is -2.26. The predicted octanol–water partition coefficient (Wildman–Crippen LogP) is 4.73. The SMILES string of the molecule is COc1ccc(C2CCCN2C(=O)Nc2cc(Cl)c(OC)cc2OC)cc1. The number of carbonyl (C=O) groups excluding carboxylic acids is 1. The maximum absolute atomic E-state index is 12.9. The summed E-state index contributed by atoms with van der Waals surface area (Å²) < 4.78 is 15.8. The molecule has 2 aromatic carbocycles. The third-order valence-corrected chi connectivity index (χ3v) is 5.03. The maximum Gasteiger partial charge on any atom is 0.322 e. The van der Waals surface area contributed by atoms with Gasteiger partial charge in [0.05, 0.1) is 38.1 Å². The molecule has 1 atom stereocenters. The van der Waals surface area contributed by atoms with E-state index in [0.29, 0.717) is 28.8 Å². The number of hydrogen-bond donors (Lipinski definition) is 1. The Morgan fingerprint density at radius 1 is 1.07 bits per heavy atom. The third kappa shape index (κ3) is 4.06. The van der Waals surface area contributed by atoms with Crippen molar-refractivity contribution in [3.8, 4) is 17.2 Å². The highest BCUT2D eigenvalue weighted by atomic mass is 35.5. The number of rotatable bonds is 5. The minimum Gasteiger partial charge on any atom is -0.497 e. The summed E-state index contributed by atoms with van der Waals surface area (Å²) in [6.45, 7) is 0.689. The molecule has 144 valence electrons. The van der Waals surface area contributed by atoms with Gasteiger partial charge in [-0.25, -0.2) is 4.79 Å². The Morgan fingerprint density at radius 3 is 2.41 bits per heavy atom. The topological polar surface area (TPSA) is 60.0 Å². The van der Waals surface area contributed by atoms with E-state index in [4.69, 9.17) is 25.8 Å². The van der Waals surface area contributed by atoms with Crippen LogP contribution in [0.2, 0.25) is 5.02 Å². The van der Waals surface area contributed by atoms with Gasteiger partial charge >= 0.3 is 6.03 Å². The summed E-state index contributed by atoms with van der Waals surface area (Å²) >= 11 is 6.20. The molecular formula is C20H23ClN2O4. The number of urea groups is 1. The highest BCUT2D eigenvalue weighted by molar-refractivity contribution is 6.32. The van der Waals surface area contributed by atoms with Gasteiger partial charge in [-0.3, -0.25) is 0 Å². The van der Waals surface area contributed by atoms with Gasteiger partial charge < -0.3 is 24.4 Å². The van der Waals surface area contributed by atoms with Crippen LogP contribution in [-0.2, 0) is 0 Å². The second kappa shape index (κ2) is 8.39. The van der Waals surface area contributed by atoms with Crippen LogP contribution in [0.4, 0.5) is 10.5 Å². The maximum atomic E-state index is 12.9. The molecule has 0 saturated carbocycles. The zero-order valence-electron chi connectivity index (χ0n) is 15.6. The summed E-state index contributed by atoms with van der Waals surface area (Å²) in [6.07, 6.45) is 1.87. The predicted molar refractivity (Wildman–Crippen MR) is 105 cm³/mol. The fraction of sp³-hybridized carbons (Fsp3) is 0.350. The molecule has 6 nitrogen and oxygen atoms in total. The van der Waals surface area contributed by atoms with Gasteiger partial charge in [0.25, 0.3) is 0 Å². The second-order valence-corrected chi connectivity index (χ2v) is 6.65. The van der Waals surface area contributed by atoms with E-state index >= 15 is 0 Å². The van der Waals surface area contributed by atoms with Crippen molar-refractivity contribution in [1.29, 1.82) is 0 Å². The van der Waals surface area contributed by atoms with Crippen molar-refractivity contribution in [3.63, 3.8) is 0 Å². The zero-order valence-corrected chi connectivity index (χ0v) is 16.4. The fourth-order valence-electron chi connectivity index (χ4n) is 3.33. The first-order chi connectivity index (χ1) is 13.1. The number of carbonyl (C=O) groups is 1. The van der Waals surface area contributed by atoms with Crippen molar-refractivity contribution in [2.45, 2.75) is 18.9 Å². The van der Waals surface area contributed by atoms with Crippen molar-refractivity contribution in [2.24, 2.45) is 0 Å². The molecule has 0 radical (unpaired) electrons. The third-order valence-electron chi connectivity index (χ3n) is 4.73. The molecule has 1 aliphatic heterocycles. The van der Waals surface area contributed by atoms with Crippen molar-refractivity contribution >= 4 is 23.3 Å². The molecular weight excluding hydrogens is 368 g/mol. The monoisotopic (exact) mass is 390 g/mol. The van der Waals surface area contributed by atoms with E-state index in [9.17, 15) is 4.79 Å². The minimum absolute atomic E-state index is 0.0237. The van der Waals surface area contributed by atoms with Gasteiger partial charge in [-0.05, 0) is 36.6 Å². The molecule has 1 N–H and O–H groups in total. The van der Waals surface area contributed by atoms with Crippen molar-refractivity contribution in [3.05, 3.63) is 47.0 Å². The summed E-state index contributed by atoms with van der Waals surface area (Å²) in [4.78, 5) is 14.7. The van der Waals surface area contributed by atoms with Gasteiger partial charge in [0.2, 0.25) is 0 Å². The quantitative estimate of drug-likeness (QED) is 0.801. The van der Waals surface area contributed by atoms with Crippen LogP contribution in [0, 0.1) is 0 Å². The summed E-state index contributed by atoms with van der Waals surface area (Å²) in [5.41, 5.74) is 1.59. The number of nitrogens with one attached hydrogen (secondary N) is 1. The van der Waals surface area contributed by atoms with Crippen LogP contribution < -0.4 is 19.5 Å². The number of nitrogens with zero attached hydrogens (tertiary/aromatic N) is 1. The standard InChI is InChI=1S/C20H23ClN2O4/c1-25-14-8-6-13(7-9-14)17-5-4-10-23(17)20(24)22-16-11-15(21)18(26-2)12-19(16)27-3/h6-9,11-12,17H,4-5,10H2,1-3H3,(H,22,24). The molecule has 2 amide bonds. The van der Waals surface area contributed by atoms with E-state index < -0.39 is 0 Å². The Labute approximate surface area is 164 Å². The lowest BCUT2D eigenvalue weighted by Crippen LogP contribution is -2.34. The van der Waals surface area contributed by atoms with Gasteiger partial charge in [0.15, 0.2) is 0 Å². The number of likely N-dealkylation sites (tertiary alicyclic amines) is 1. The van der Waals surface area contributed by atoms with Crippen LogP contribution >= 0.6 is 11.6 Å². The Kier molecular flexibility index (Phi) is 5.96. The smallest absolute Gasteiger partial charge is 0.322 e. The highest BCUT2D eigenvalue weighted by Gasteiger charge is 2.30. The van der Waals surface area contributed by atoms with Crippen LogP contribution in [-0.4, -0.2) is 38.8 Å². The summed E-state index contributed by atoms with van der Waals surface area (Å²) in [5, 5.41) is 3.32. The van der Waals surface area contributed by atoms with E-state index in [1.54, 1.807) is 19.2 Å². The molecule has 0 aliphatic carbocycles. The number of methoxy groups -OCH3 is 3. The molecule has 1 unspecified atom stereocenters. The molecule has 1 heterocycles. The van der Waals surface area contributed by atoms with Gasteiger partial charge in [-0.1, -0.05) is 23.7 Å². The van der Waals surface area contributed by atoms with Crippen LogP contribution in [0.5, 0.6) is 17.2 Å². The lowest BCUT2D eigenvalue weighted by atomic mass is 10.0. The van der Waals surface area contributed by atoms with E-state index in [1.807, 2.05) is 29.2 Å². The van der Waals surface area contributed by atoms with Crippen molar-refractivity contribution < 1.29 is 19.0 Å². The van der Waals surface area contributed by atoms with Crippen LogP contribution in [0.25, 0.3) is 0 Å². The highest BCUT2D eigenvalue weighted by Crippen LogP contribution is 2.37. The van der Waals surface area contributed by atoms with Crippen LogP contribution in [0.15, 0.2) is 36.4 Å². The zero-order chi connectivity index (χ0) is 19.4. The average Bonchev–Trinajstić information content (AvgIpc) is 3.18. The number of hydrogen-bond acceptors (Lipinski definition) is 4. The molecule has 1 aliphatic rings. The Hall–Kier alpha value is -2.60. The largest absolute Gasteiger partial charge is 0.497 e. The summed E-state index contributed by atoms with van der Waals surface area (Å²) in [7, 11) is 4.70. The molecule has 27 heavy (non-hydrogen) atoms.